The van der Waals surface area contributed by atoms with Crippen molar-refractivity contribution >= 4 is 5.91 Å². The van der Waals surface area contributed by atoms with Crippen molar-refractivity contribution in [3.63, 3.8) is 0 Å². The van der Waals surface area contributed by atoms with Gasteiger partial charge in [0.05, 0.1) is 14.2 Å². The predicted octanol–water partition coefficient (Wildman–Crippen LogP) is 0.934. The van der Waals surface area contributed by atoms with Crippen molar-refractivity contribution in [2.45, 2.75) is 25.9 Å². The van der Waals surface area contributed by atoms with E-state index in [0.717, 1.165) is 0 Å². The van der Waals surface area contributed by atoms with E-state index in [9.17, 15) is 4.79 Å². The molecule has 0 bridgehead atoms. The Morgan fingerprint density at radius 2 is 1.80 bits per heavy atom. The van der Waals surface area contributed by atoms with Gasteiger partial charge in [-0.2, -0.15) is 0 Å². The number of carbonyl (C=O) groups is 1. The third kappa shape index (κ3) is 4.31. The Morgan fingerprint density at radius 3 is 2.20 bits per heavy atom. The zero-order valence-electron chi connectivity index (χ0n) is 12.3. The maximum absolute atomic E-state index is 11.4. The molecule has 1 aromatic carbocycles. The predicted molar refractivity (Wildman–Crippen MR) is 76.3 cm³/mol. The summed E-state index contributed by atoms with van der Waals surface area (Å²) in [5.41, 5.74) is 5.35. The molecule has 0 aliphatic rings. The lowest BCUT2D eigenvalue weighted by molar-refractivity contribution is -0.120. The average Bonchev–Trinajstić information content (AvgIpc) is 2.42. The second-order valence-corrected chi connectivity index (χ2v) is 4.58. The fourth-order valence-electron chi connectivity index (χ4n) is 1.74. The largest absolute Gasteiger partial charge is 0.493 e. The van der Waals surface area contributed by atoms with Gasteiger partial charge in [-0.05, 0) is 12.1 Å². The van der Waals surface area contributed by atoms with Crippen LogP contribution in [0.5, 0.6) is 17.2 Å². The maximum atomic E-state index is 11.4. The Balaban J connectivity index is 2.84. The molecular formula is C14H22N2O4. The van der Waals surface area contributed by atoms with E-state index in [1.807, 2.05) is 13.8 Å². The van der Waals surface area contributed by atoms with Crippen molar-refractivity contribution in [2.24, 2.45) is 5.73 Å². The molecule has 6 nitrogen and oxygen atoms in total. The van der Waals surface area contributed by atoms with Crippen molar-refractivity contribution < 1.29 is 19.0 Å². The molecule has 112 valence electrons. The van der Waals surface area contributed by atoms with E-state index < -0.39 is 11.9 Å². The number of rotatable bonds is 8. The summed E-state index contributed by atoms with van der Waals surface area (Å²) in [6.45, 7) is 3.96. The number of para-hydroxylation sites is 1. The van der Waals surface area contributed by atoms with Crippen LogP contribution in [0.3, 0.4) is 0 Å². The first-order valence-corrected chi connectivity index (χ1v) is 6.38. The smallest absolute Gasteiger partial charge is 0.238 e. The molecule has 0 saturated carbocycles. The first-order valence-electron chi connectivity index (χ1n) is 6.38. The van der Waals surface area contributed by atoms with E-state index in [4.69, 9.17) is 19.9 Å². The zero-order valence-corrected chi connectivity index (χ0v) is 12.3. The van der Waals surface area contributed by atoms with Gasteiger partial charge in [0.25, 0.3) is 0 Å². The second kappa shape index (κ2) is 7.59. The highest BCUT2D eigenvalue weighted by atomic mass is 16.5. The molecule has 3 N–H and O–H groups in total. The molecule has 0 aromatic heterocycles. The van der Waals surface area contributed by atoms with Crippen LogP contribution in [0.4, 0.5) is 0 Å². The Morgan fingerprint density at radius 1 is 1.25 bits per heavy atom. The lowest BCUT2D eigenvalue weighted by Crippen LogP contribution is -2.48. The summed E-state index contributed by atoms with van der Waals surface area (Å²) in [5.74, 6) is 1.07. The number of benzene rings is 1. The van der Waals surface area contributed by atoms with Crippen molar-refractivity contribution in [1.29, 1.82) is 0 Å². The minimum atomic E-state index is -0.579. The number of hydrogen-bond acceptors (Lipinski definition) is 5. The summed E-state index contributed by atoms with van der Waals surface area (Å²) < 4.78 is 16.1. The Labute approximate surface area is 119 Å². The van der Waals surface area contributed by atoms with E-state index in [-0.39, 0.29) is 12.6 Å². The molecule has 1 unspecified atom stereocenters. The van der Waals surface area contributed by atoms with Crippen molar-refractivity contribution in [1.82, 2.24) is 5.32 Å². The van der Waals surface area contributed by atoms with E-state index in [1.54, 1.807) is 32.4 Å². The van der Waals surface area contributed by atoms with E-state index in [0.29, 0.717) is 17.2 Å². The number of primary amides is 1. The summed E-state index contributed by atoms with van der Waals surface area (Å²) in [6, 6.07) is 4.85. The first kappa shape index (κ1) is 16.1. The van der Waals surface area contributed by atoms with Crippen LogP contribution in [-0.2, 0) is 4.79 Å². The number of ether oxygens (including phenoxy) is 3. The van der Waals surface area contributed by atoms with Crippen LogP contribution >= 0.6 is 0 Å². The third-order valence-corrected chi connectivity index (χ3v) is 2.65. The van der Waals surface area contributed by atoms with Crippen LogP contribution < -0.4 is 25.3 Å². The second-order valence-electron chi connectivity index (χ2n) is 4.58. The Bertz CT molecular complexity index is 427. The fraction of sp³-hybridized carbons (Fsp3) is 0.500. The molecule has 0 heterocycles. The highest BCUT2D eigenvalue weighted by Crippen LogP contribution is 2.36. The molecule has 0 radical (unpaired) electrons. The molecule has 0 fully saturated rings. The number of carbonyl (C=O) groups excluding carboxylic acids is 1. The van der Waals surface area contributed by atoms with Crippen LogP contribution in [0.15, 0.2) is 18.2 Å². The van der Waals surface area contributed by atoms with Gasteiger partial charge in [0.2, 0.25) is 11.7 Å². The van der Waals surface area contributed by atoms with Crippen LogP contribution in [0.2, 0.25) is 0 Å². The third-order valence-electron chi connectivity index (χ3n) is 2.65. The van der Waals surface area contributed by atoms with Crippen molar-refractivity contribution in [2.75, 3.05) is 20.8 Å². The molecule has 1 amide bonds. The SMILES string of the molecule is COc1cccc(OC)c1OCC(NC(C)C)C(N)=O. The van der Waals surface area contributed by atoms with Gasteiger partial charge >= 0.3 is 0 Å². The first-order chi connectivity index (χ1) is 9.49. The normalized spacial score (nSPS) is 12.1. The number of amides is 1. The number of nitrogens with two attached hydrogens (primary N) is 1. The monoisotopic (exact) mass is 282 g/mol. The zero-order chi connectivity index (χ0) is 15.1. The molecule has 1 atom stereocenters. The van der Waals surface area contributed by atoms with E-state index >= 15 is 0 Å². The van der Waals surface area contributed by atoms with E-state index in [2.05, 4.69) is 5.32 Å². The topological polar surface area (TPSA) is 82.8 Å². The summed E-state index contributed by atoms with van der Waals surface area (Å²) in [6.07, 6.45) is 0. The lowest BCUT2D eigenvalue weighted by Gasteiger charge is -2.20. The Hall–Kier alpha value is -1.95. The standard InChI is InChI=1S/C14H22N2O4/c1-9(2)16-10(14(15)17)8-20-13-11(18-3)6-5-7-12(13)19-4/h5-7,9-10,16H,8H2,1-4H3,(H2,15,17). The summed E-state index contributed by atoms with van der Waals surface area (Å²) in [7, 11) is 3.08. The highest BCUT2D eigenvalue weighted by Gasteiger charge is 2.19. The van der Waals surface area contributed by atoms with Gasteiger partial charge in [-0.1, -0.05) is 19.9 Å². The molecule has 0 aliphatic carbocycles. The molecule has 6 heteroatoms. The molecule has 1 aromatic rings. The van der Waals surface area contributed by atoms with Crippen LogP contribution in [0.1, 0.15) is 13.8 Å². The van der Waals surface area contributed by atoms with Gasteiger partial charge in [-0.15, -0.1) is 0 Å². The van der Waals surface area contributed by atoms with Crippen LogP contribution in [0.25, 0.3) is 0 Å². The molecular weight excluding hydrogens is 260 g/mol. The molecule has 0 saturated heterocycles. The molecule has 20 heavy (non-hydrogen) atoms. The van der Waals surface area contributed by atoms with Gasteiger partial charge in [-0.25, -0.2) is 0 Å². The minimum Gasteiger partial charge on any atom is -0.493 e. The Kier molecular flexibility index (Phi) is 6.11. The van der Waals surface area contributed by atoms with E-state index in [1.165, 1.54) is 0 Å². The average molecular weight is 282 g/mol. The van der Waals surface area contributed by atoms with Gasteiger partial charge in [0, 0.05) is 6.04 Å². The van der Waals surface area contributed by atoms with Crippen LogP contribution in [0, 0.1) is 0 Å². The fourth-order valence-corrected chi connectivity index (χ4v) is 1.74. The van der Waals surface area contributed by atoms with Crippen LogP contribution in [-0.4, -0.2) is 38.8 Å². The van der Waals surface area contributed by atoms with Gasteiger partial charge in [0.15, 0.2) is 11.5 Å². The molecule has 0 aliphatic heterocycles. The highest BCUT2D eigenvalue weighted by molar-refractivity contribution is 5.80. The summed E-state index contributed by atoms with van der Waals surface area (Å²) >= 11 is 0. The summed E-state index contributed by atoms with van der Waals surface area (Å²) in [5, 5.41) is 3.04. The maximum Gasteiger partial charge on any atom is 0.238 e. The quantitative estimate of drug-likeness (QED) is 0.741. The number of methoxy groups -OCH3 is 2. The van der Waals surface area contributed by atoms with Gasteiger partial charge < -0.3 is 25.3 Å². The van der Waals surface area contributed by atoms with Crippen molar-refractivity contribution in [3.05, 3.63) is 18.2 Å². The number of nitrogens with one attached hydrogen (secondary N) is 1. The van der Waals surface area contributed by atoms with Crippen molar-refractivity contribution in [3.8, 4) is 17.2 Å². The molecule has 0 spiro atoms. The minimum absolute atomic E-state index is 0.101. The van der Waals surface area contributed by atoms with Gasteiger partial charge in [-0.3, -0.25) is 4.79 Å². The number of hydrogen-bond donors (Lipinski definition) is 2. The lowest BCUT2D eigenvalue weighted by atomic mass is 10.2. The summed E-state index contributed by atoms with van der Waals surface area (Å²) in [4.78, 5) is 11.4. The molecule has 1 rings (SSSR count). The van der Waals surface area contributed by atoms with Gasteiger partial charge in [0.1, 0.15) is 12.6 Å².